The summed E-state index contributed by atoms with van der Waals surface area (Å²) in [6, 6.07) is 0. The van der Waals surface area contributed by atoms with Crippen LogP contribution in [0.15, 0.2) is 0 Å². The minimum absolute atomic E-state index is 0.551. The Morgan fingerprint density at radius 3 is 1.59 bits per heavy atom. The zero-order valence-electron chi connectivity index (χ0n) is 14.3. The summed E-state index contributed by atoms with van der Waals surface area (Å²) in [5, 5.41) is 2.11. The molecule has 8 heteroatoms. The SMILES string of the molecule is COCCOCC[O][Ti]([CH3])([CH2]CCN)[O]CCOCCOC. The Morgan fingerprint density at radius 1 is 0.727 bits per heavy atom. The van der Waals surface area contributed by atoms with Crippen molar-refractivity contribution in [3.8, 4) is 0 Å². The van der Waals surface area contributed by atoms with Gasteiger partial charge in [-0.1, -0.05) is 0 Å². The third-order valence-corrected chi connectivity index (χ3v) is 7.48. The number of ether oxygens (including phenoxy) is 4. The molecule has 0 unspecified atom stereocenters. The molecule has 134 valence electrons. The molecule has 0 bridgehead atoms. The summed E-state index contributed by atoms with van der Waals surface area (Å²) < 4.78 is 33.6. The maximum absolute atomic E-state index is 6.00. The quantitative estimate of drug-likeness (QED) is 0.308. The summed E-state index contributed by atoms with van der Waals surface area (Å²) in [5.41, 5.74) is 5.60. The van der Waals surface area contributed by atoms with Crippen LogP contribution in [-0.2, 0) is 42.9 Å². The Bertz CT molecular complexity index is 219. The first kappa shape index (κ1) is 22.4. The molecule has 0 aliphatic rings. The van der Waals surface area contributed by atoms with Gasteiger partial charge in [0, 0.05) is 0 Å². The standard InChI is InChI=1S/2C5H11O3.C3H8N.CH3.Ti/c2*1-7-4-5-8-3-2-6;1-2-3-4;;/h2*2-5H2,1H3;1-4H2;1H3;/q2*-1;;;+2. The van der Waals surface area contributed by atoms with E-state index in [1.807, 2.05) is 0 Å². The van der Waals surface area contributed by atoms with Gasteiger partial charge in [0.05, 0.1) is 0 Å². The Balaban J connectivity index is 3.84. The van der Waals surface area contributed by atoms with Crippen molar-refractivity contribution in [2.75, 3.05) is 73.6 Å². The molecule has 7 nitrogen and oxygen atoms in total. The molecular formula is C14H33NO6Ti. The Labute approximate surface area is 139 Å². The molecule has 0 aliphatic heterocycles. The first-order valence-electron chi connectivity index (χ1n) is 7.80. The van der Waals surface area contributed by atoms with Gasteiger partial charge in [0.1, 0.15) is 0 Å². The Hall–Kier alpha value is 0.434. The molecule has 0 aromatic rings. The van der Waals surface area contributed by atoms with E-state index in [1.165, 1.54) is 0 Å². The topological polar surface area (TPSA) is 81.4 Å². The van der Waals surface area contributed by atoms with Gasteiger partial charge in [-0.25, -0.2) is 0 Å². The fraction of sp³-hybridized carbons (Fsp3) is 1.00. The average Bonchev–Trinajstić information content (AvgIpc) is 2.52. The summed E-state index contributed by atoms with van der Waals surface area (Å²) in [5.74, 6) is 0. The molecule has 0 saturated heterocycles. The third kappa shape index (κ3) is 14.1. The number of hydrogen-bond donors (Lipinski definition) is 1. The van der Waals surface area contributed by atoms with Crippen LogP contribution >= 0.6 is 0 Å². The number of hydrogen-bond acceptors (Lipinski definition) is 7. The number of methoxy groups -OCH3 is 2. The zero-order chi connectivity index (χ0) is 16.5. The first-order chi connectivity index (χ1) is 10.7. The van der Waals surface area contributed by atoms with Crippen LogP contribution in [0, 0.1) is 0 Å². The van der Waals surface area contributed by atoms with Crippen LogP contribution in [0.1, 0.15) is 6.42 Å². The van der Waals surface area contributed by atoms with Crippen LogP contribution in [0.25, 0.3) is 0 Å². The van der Waals surface area contributed by atoms with Crippen LogP contribution in [0.5, 0.6) is 0 Å². The number of rotatable bonds is 17. The Morgan fingerprint density at radius 2 is 1.18 bits per heavy atom. The Kier molecular flexibility index (Phi) is 16.6. The fourth-order valence-corrected chi connectivity index (χ4v) is 5.24. The van der Waals surface area contributed by atoms with Crippen LogP contribution in [0.2, 0.25) is 9.95 Å². The molecular weight excluding hydrogens is 326 g/mol. The summed E-state index contributed by atoms with van der Waals surface area (Å²) in [6.45, 7) is 5.23. The van der Waals surface area contributed by atoms with E-state index in [0.717, 1.165) is 11.1 Å². The van der Waals surface area contributed by atoms with Crippen molar-refractivity contribution in [2.45, 2.75) is 16.4 Å². The molecule has 0 aromatic carbocycles. The maximum atomic E-state index is 6.00. The van der Waals surface area contributed by atoms with Gasteiger partial charge in [-0.3, -0.25) is 0 Å². The van der Waals surface area contributed by atoms with Crippen LogP contribution in [-0.4, -0.2) is 73.6 Å². The van der Waals surface area contributed by atoms with E-state index in [2.05, 4.69) is 5.23 Å². The van der Waals surface area contributed by atoms with E-state index in [4.69, 9.17) is 31.3 Å². The molecule has 0 atom stereocenters. The summed E-state index contributed by atoms with van der Waals surface area (Å²) in [7, 11) is 3.31. The summed E-state index contributed by atoms with van der Waals surface area (Å²) >= 11 is -2.75. The predicted molar refractivity (Wildman–Crippen MR) is 81.6 cm³/mol. The average molecular weight is 359 g/mol. The van der Waals surface area contributed by atoms with Gasteiger partial charge in [0.15, 0.2) is 0 Å². The molecule has 0 spiro atoms. The molecule has 22 heavy (non-hydrogen) atoms. The molecule has 0 fully saturated rings. The van der Waals surface area contributed by atoms with Crippen molar-refractivity contribution in [1.29, 1.82) is 0 Å². The van der Waals surface area contributed by atoms with Gasteiger partial charge in [-0.05, 0) is 0 Å². The summed E-state index contributed by atoms with van der Waals surface area (Å²) in [4.78, 5) is 0. The van der Waals surface area contributed by atoms with Crippen molar-refractivity contribution in [3.05, 3.63) is 0 Å². The van der Waals surface area contributed by atoms with Gasteiger partial charge >= 0.3 is 139 Å². The van der Waals surface area contributed by atoms with Crippen LogP contribution < -0.4 is 5.73 Å². The second kappa shape index (κ2) is 16.3. The molecule has 0 aromatic heterocycles. The molecule has 0 amide bonds. The van der Waals surface area contributed by atoms with Gasteiger partial charge in [-0.15, -0.1) is 0 Å². The molecule has 0 aliphatic carbocycles. The molecule has 0 saturated carbocycles. The monoisotopic (exact) mass is 359 g/mol. The van der Waals surface area contributed by atoms with E-state index in [-0.39, 0.29) is 0 Å². The fourth-order valence-electron chi connectivity index (χ4n) is 1.73. The predicted octanol–water partition coefficient (Wildman–Crippen LogP) is 1.14. The van der Waals surface area contributed by atoms with Gasteiger partial charge in [0.2, 0.25) is 0 Å². The van der Waals surface area contributed by atoms with Gasteiger partial charge in [0.25, 0.3) is 0 Å². The zero-order valence-corrected chi connectivity index (χ0v) is 15.9. The van der Waals surface area contributed by atoms with Gasteiger partial charge < -0.3 is 0 Å². The van der Waals surface area contributed by atoms with E-state index in [9.17, 15) is 0 Å². The minimum atomic E-state index is -2.75. The van der Waals surface area contributed by atoms with Crippen molar-refractivity contribution in [3.63, 3.8) is 0 Å². The molecule has 2 N–H and O–H groups in total. The van der Waals surface area contributed by atoms with Crippen molar-refractivity contribution in [1.82, 2.24) is 0 Å². The van der Waals surface area contributed by atoms with Crippen LogP contribution in [0.4, 0.5) is 0 Å². The van der Waals surface area contributed by atoms with Crippen molar-refractivity contribution < 1.29 is 42.9 Å². The third-order valence-electron chi connectivity index (χ3n) is 2.97. The first-order valence-corrected chi connectivity index (χ1v) is 11.7. The van der Waals surface area contributed by atoms with E-state index in [1.54, 1.807) is 14.2 Å². The molecule has 0 radical (unpaired) electrons. The van der Waals surface area contributed by atoms with Gasteiger partial charge in [-0.2, -0.15) is 0 Å². The van der Waals surface area contributed by atoms with E-state index >= 15 is 0 Å². The molecule has 0 rings (SSSR count). The van der Waals surface area contributed by atoms with Crippen LogP contribution in [0.3, 0.4) is 0 Å². The van der Waals surface area contributed by atoms with Crippen molar-refractivity contribution in [2.24, 2.45) is 5.73 Å². The normalized spacial score (nSPS) is 12.0. The second-order valence-electron chi connectivity index (χ2n) is 4.93. The number of nitrogens with two attached hydrogens (primary N) is 1. The van der Waals surface area contributed by atoms with E-state index < -0.39 is 17.4 Å². The summed E-state index contributed by atoms with van der Waals surface area (Å²) in [6.07, 6.45) is 0.922. The molecule has 0 heterocycles. The van der Waals surface area contributed by atoms with E-state index in [0.29, 0.717) is 59.4 Å². The van der Waals surface area contributed by atoms with Crippen molar-refractivity contribution >= 4 is 0 Å². The second-order valence-corrected chi connectivity index (χ2v) is 10.2.